The first kappa shape index (κ1) is 13.7. The predicted octanol–water partition coefficient (Wildman–Crippen LogP) is 3.08. The van der Waals surface area contributed by atoms with Crippen LogP contribution in [-0.4, -0.2) is 5.91 Å². The molecule has 0 radical (unpaired) electrons. The first-order valence-electron chi connectivity index (χ1n) is 6.04. The minimum atomic E-state index is -0.356. The molecule has 0 aliphatic rings. The standard InChI is InChI=1S/C14H22N2O/c1-5-14(3,4)13(17)16-12-9-7-6-8-11(12)10(2)15/h6-10H,5,15H2,1-4H3,(H,16,17). The van der Waals surface area contributed by atoms with E-state index < -0.39 is 0 Å². The zero-order chi connectivity index (χ0) is 13.1. The minimum Gasteiger partial charge on any atom is -0.325 e. The molecule has 1 unspecified atom stereocenters. The molecule has 1 aromatic rings. The average Bonchev–Trinajstić information content (AvgIpc) is 2.29. The average molecular weight is 234 g/mol. The van der Waals surface area contributed by atoms with Crippen molar-refractivity contribution in [3.63, 3.8) is 0 Å². The number of rotatable bonds is 4. The molecule has 0 spiro atoms. The van der Waals surface area contributed by atoms with Crippen LogP contribution in [0.1, 0.15) is 45.7 Å². The first-order chi connectivity index (χ1) is 7.88. The lowest BCUT2D eigenvalue weighted by Crippen LogP contribution is -2.30. The zero-order valence-electron chi connectivity index (χ0n) is 11.1. The molecule has 0 saturated heterocycles. The number of hydrogen-bond donors (Lipinski definition) is 2. The van der Waals surface area contributed by atoms with Crippen molar-refractivity contribution >= 4 is 11.6 Å². The number of anilines is 1. The van der Waals surface area contributed by atoms with E-state index in [0.717, 1.165) is 17.7 Å². The van der Waals surface area contributed by atoms with E-state index in [1.807, 2.05) is 52.0 Å². The third kappa shape index (κ3) is 3.30. The number of amides is 1. The van der Waals surface area contributed by atoms with Crippen LogP contribution in [0.5, 0.6) is 0 Å². The van der Waals surface area contributed by atoms with Gasteiger partial charge in [-0.1, -0.05) is 39.0 Å². The van der Waals surface area contributed by atoms with Gasteiger partial charge in [-0.15, -0.1) is 0 Å². The van der Waals surface area contributed by atoms with Crippen LogP contribution in [-0.2, 0) is 4.79 Å². The Bertz CT molecular complexity index is 397. The third-order valence-corrected chi connectivity index (χ3v) is 3.20. The molecule has 1 rings (SSSR count). The number of hydrogen-bond acceptors (Lipinski definition) is 2. The summed E-state index contributed by atoms with van der Waals surface area (Å²) in [4.78, 5) is 12.1. The maximum absolute atomic E-state index is 12.1. The molecule has 0 aliphatic carbocycles. The summed E-state index contributed by atoms with van der Waals surface area (Å²) in [5.41, 5.74) is 7.30. The van der Waals surface area contributed by atoms with E-state index in [2.05, 4.69) is 5.32 Å². The fourth-order valence-corrected chi connectivity index (χ4v) is 1.46. The molecule has 0 bridgehead atoms. The van der Waals surface area contributed by atoms with Crippen molar-refractivity contribution in [1.29, 1.82) is 0 Å². The lowest BCUT2D eigenvalue weighted by Gasteiger charge is -2.23. The van der Waals surface area contributed by atoms with Crippen LogP contribution < -0.4 is 11.1 Å². The van der Waals surface area contributed by atoms with Crippen LogP contribution >= 0.6 is 0 Å². The van der Waals surface area contributed by atoms with Gasteiger partial charge in [0.25, 0.3) is 0 Å². The van der Waals surface area contributed by atoms with E-state index in [-0.39, 0.29) is 17.4 Å². The first-order valence-corrected chi connectivity index (χ1v) is 6.04. The topological polar surface area (TPSA) is 55.1 Å². The number of carbonyl (C=O) groups is 1. The van der Waals surface area contributed by atoms with E-state index in [4.69, 9.17) is 5.73 Å². The maximum atomic E-state index is 12.1. The van der Waals surface area contributed by atoms with Crippen LogP contribution in [0.3, 0.4) is 0 Å². The van der Waals surface area contributed by atoms with Gasteiger partial charge in [0.1, 0.15) is 0 Å². The monoisotopic (exact) mass is 234 g/mol. The Morgan fingerprint density at radius 3 is 2.53 bits per heavy atom. The summed E-state index contributed by atoms with van der Waals surface area (Å²) in [7, 11) is 0. The quantitative estimate of drug-likeness (QED) is 0.841. The molecule has 94 valence electrons. The summed E-state index contributed by atoms with van der Waals surface area (Å²) < 4.78 is 0. The molecule has 3 N–H and O–H groups in total. The van der Waals surface area contributed by atoms with Gasteiger partial charge in [0.2, 0.25) is 5.91 Å². The van der Waals surface area contributed by atoms with Gasteiger partial charge in [0.05, 0.1) is 0 Å². The molecular weight excluding hydrogens is 212 g/mol. The second kappa shape index (κ2) is 5.32. The third-order valence-electron chi connectivity index (χ3n) is 3.20. The summed E-state index contributed by atoms with van der Waals surface area (Å²) in [6.07, 6.45) is 0.805. The highest BCUT2D eigenvalue weighted by Crippen LogP contribution is 2.25. The van der Waals surface area contributed by atoms with Gasteiger partial charge in [0.15, 0.2) is 0 Å². The molecule has 3 heteroatoms. The number of nitrogens with one attached hydrogen (secondary N) is 1. The largest absolute Gasteiger partial charge is 0.325 e. The van der Waals surface area contributed by atoms with Gasteiger partial charge < -0.3 is 11.1 Å². The molecular formula is C14H22N2O. The highest BCUT2D eigenvalue weighted by atomic mass is 16.2. The molecule has 0 saturated carbocycles. The van der Waals surface area contributed by atoms with Crippen molar-refractivity contribution in [2.75, 3.05) is 5.32 Å². The summed E-state index contributed by atoms with van der Waals surface area (Å²) in [5.74, 6) is 0.0353. The Morgan fingerprint density at radius 1 is 1.41 bits per heavy atom. The summed E-state index contributed by atoms with van der Waals surface area (Å²) in [6, 6.07) is 7.58. The van der Waals surface area contributed by atoms with Crippen LogP contribution in [0.2, 0.25) is 0 Å². The van der Waals surface area contributed by atoms with Crippen molar-refractivity contribution in [3.8, 4) is 0 Å². The summed E-state index contributed by atoms with van der Waals surface area (Å²) >= 11 is 0. The highest BCUT2D eigenvalue weighted by Gasteiger charge is 2.25. The van der Waals surface area contributed by atoms with Gasteiger partial charge in [-0.3, -0.25) is 4.79 Å². The Morgan fingerprint density at radius 2 is 2.00 bits per heavy atom. The summed E-state index contributed by atoms with van der Waals surface area (Å²) in [5, 5.41) is 2.96. The lowest BCUT2D eigenvalue weighted by molar-refractivity contribution is -0.124. The van der Waals surface area contributed by atoms with Gasteiger partial charge in [-0.05, 0) is 25.0 Å². The molecule has 1 aromatic carbocycles. The highest BCUT2D eigenvalue weighted by molar-refractivity contribution is 5.95. The number of nitrogens with two attached hydrogens (primary N) is 1. The van der Waals surface area contributed by atoms with Crippen molar-refractivity contribution in [3.05, 3.63) is 29.8 Å². The molecule has 1 atom stereocenters. The van der Waals surface area contributed by atoms with E-state index in [1.165, 1.54) is 0 Å². The van der Waals surface area contributed by atoms with Crippen LogP contribution in [0.25, 0.3) is 0 Å². The fourth-order valence-electron chi connectivity index (χ4n) is 1.46. The van der Waals surface area contributed by atoms with Crippen molar-refractivity contribution in [2.24, 2.45) is 11.1 Å². The van der Waals surface area contributed by atoms with E-state index in [1.54, 1.807) is 0 Å². The number of benzene rings is 1. The molecule has 0 heterocycles. The second-order valence-electron chi connectivity index (χ2n) is 5.07. The van der Waals surface area contributed by atoms with Crippen LogP contribution in [0, 0.1) is 5.41 Å². The fraction of sp³-hybridized carbons (Fsp3) is 0.500. The zero-order valence-corrected chi connectivity index (χ0v) is 11.1. The van der Waals surface area contributed by atoms with Gasteiger partial charge in [0, 0.05) is 17.1 Å². The molecule has 0 fully saturated rings. The molecule has 17 heavy (non-hydrogen) atoms. The normalized spacial score (nSPS) is 13.2. The molecule has 0 aromatic heterocycles. The van der Waals surface area contributed by atoms with Crippen LogP contribution in [0.4, 0.5) is 5.69 Å². The van der Waals surface area contributed by atoms with Gasteiger partial charge in [-0.25, -0.2) is 0 Å². The number of para-hydroxylation sites is 1. The van der Waals surface area contributed by atoms with E-state index in [9.17, 15) is 4.79 Å². The van der Waals surface area contributed by atoms with E-state index >= 15 is 0 Å². The molecule has 0 aliphatic heterocycles. The van der Waals surface area contributed by atoms with Gasteiger partial charge >= 0.3 is 0 Å². The predicted molar refractivity (Wildman–Crippen MR) is 71.7 cm³/mol. The Hall–Kier alpha value is -1.35. The lowest BCUT2D eigenvalue weighted by atomic mass is 9.89. The second-order valence-corrected chi connectivity index (χ2v) is 5.07. The van der Waals surface area contributed by atoms with E-state index in [0.29, 0.717) is 0 Å². The Labute approximate surface area is 103 Å². The Balaban J connectivity index is 2.93. The molecule has 3 nitrogen and oxygen atoms in total. The molecule has 1 amide bonds. The van der Waals surface area contributed by atoms with Crippen molar-refractivity contribution in [1.82, 2.24) is 0 Å². The minimum absolute atomic E-state index is 0.0353. The summed E-state index contributed by atoms with van der Waals surface area (Å²) in [6.45, 7) is 7.81. The van der Waals surface area contributed by atoms with Crippen molar-refractivity contribution in [2.45, 2.75) is 40.2 Å². The van der Waals surface area contributed by atoms with Crippen molar-refractivity contribution < 1.29 is 4.79 Å². The number of carbonyl (C=O) groups excluding carboxylic acids is 1. The Kier molecular flexibility index (Phi) is 4.29. The smallest absolute Gasteiger partial charge is 0.230 e. The van der Waals surface area contributed by atoms with Gasteiger partial charge in [-0.2, -0.15) is 0 Å². The SMILES string of the molecule is CCC(C)(C)C(=O)Nc1ccccc1C(C)N. The van der Waals surface area contributed by atoms with Crippen LogP contribution in [0.15, 0.2) is 24.3 Å². The maximum Gasteiger partial charge on any atom is 0.230 e.